The predicted octanol–water partition coefficient (Wildman–Crippen LogP) is 2.81. The highest BCUT2D eigenvalue weighted by molar-refractivity contribution is 5.48. The van der Waals surface area contributed by atoms with Crippen LogP contribution in [0.15, 0.2) is 36.2 Å². The van der Waals surface area contributed by atoms with Crippen LogP contribution in [0.2, 0.25) is 0 Å². The van der Waals surface area contributed by atoms with Crippen molar-refractivity contribution >= 4 is 5.69 Å². The van der Waals surface area contributed by atoms with E-state index in [2.05, 4.69) is 0 Å². The molecule has 2 rings (SSSR count). The van der Waals surface area contributed by atoms with Crippen molar-refractivity contribution in [1.29, 1.82) is 0 Å². The van der Waals surface area contributed by atoms with E-state index in [9.17, 15) is 13.2 Å². The lowest BCUT2D eigenvalue weighted by Crippen LogP contribution is -2.19. The Morgan fingerprint density at radius 2 is 2.00 bits per heavy atom. The fourth-order valence-electron chi connectivity index (χ4n) is 1.57. The van der Waals surface area contributed by atoms with Gasteiger partial charge >= 0.3 is 0 Å². The summed E-state index contributed by atoms with van der Waals surface area (Å²) in [6.45, 7) is 0. The predicted molar refractivity (Wildman–Crippen MR) is 61.5 cm³/mol. The monoisotopic (exact) mass is 256 g/mol. The zero-order chi connectivity index (χ0) is 13.1. The lowest BCUT2D eigenvalue weighted by molar-refractivity contribution is 0.198. The summed E-state index contributed by atoms with van der Waals surface area (Å²) in [5.74, 6) is 1.76. The van der Waals surface area contributed by atoms with E-state index in [1.165, 1.54) is 24.3 Å². The summed E-state index contributed by atoms with van der Waals surface area (Å²) in [6.07, 6.45) is 3.77. The van der Waals surface area contributed by atoms with Crippen molar-refractivity contribution in [1.82, 2.24) is 0 Å². The molecule has 0 spiro atoms. The first-order valence-corrected chi connectivity index (χ1v) is 5.27. The van der Waals surface area contributed by atoms with Crippen LogP contribution in [0, 0.1) is 11.6 Å². The molecule has 0 aliphatic heterocycles. The number of hydrogen-bond donors (Lipinski definition) is 2. The van der Waals surface area contributed by atoms with Gasteiger partial charge in [-0.2, -0.15) is 4.39 Å². The van der Waals surface area contributed by atoms with Crippen LogP contribution in [-0.4, -0.2) is 6.10 Å². The Kier molecular flexibility index (Phi) is 3.57. The standard InChI is InChI=1S/C12H11F3N2O/c13-7-3-1-2-4-9(7)18-10-6-5-8(17-16)11(14)12(10)15/h1-3,5-6,9,17H,4,16H2. The molecule has 96 valence electrons. The molecule has 0 saturated carbocycles. The largest absolute Gasteiger partial charge is 0.480 e. The molecule has 0 aromatic heterocycles. The van der Waals surface area contributed by atoms with Crippen molar-refractivity contribution in [2.24, 2.45) is 5.84 Å². The van der Waals surface area contributed by atoms with Gasteiger partial charge in [-0.1, -0.05) is 12.2 Å². The van der Waals surface area contributed by atoms with Crippen molar-refractivity contribution in [3.05, 3.63) is 47.8 Å². The first-order valence-electron chi connectivity index (χ1n) is 5.27. The summed E-state index contributed by atoms with van der Waals surface area (Å²) in [6, 6.07) is 2.41. The molecule has 0 saturated heterocycles. The maximum Gasteiger partial charge on any atom is 0.202 e. The molecule has 6 heteroatoms. The molecule has 1 aromatic rings. The summed E-state index contributed by atoms with van der Waals surface area (Å²) < 4.78 is 45.4. The zero-order valence-corrected chi connectivity index (χ0v) is 9.29. The molecule has 1 unspecified atom stereocenters. The minimum atomic E-state index is -1.20. The Morgan fingerprint density at radius 3 is 2.67 bits per heavy atom. The first kappa shape index (κ1) is 12.5. The number of nitrogen functional groups attached to an aromatic ring is 1. The Balaban J connectivity index is 2.22. The van der Waals surface area contributed by atoms with Gasteiger partial charge in [0.25, 0.3) is 0 Å². The smallest absolute Gasteiger partial charge is 0.202 e. The molecule has 1 aromatic carbocycles. The lowest BCUT2D eigenvalue weighted by Gasteiger charge is -2.19. The van der Waals surface area contributed by atoms with Crippen LogP contribution < -0.4 is 16.0 Å². The third kappa shape index (κ3) is 2.33. The molecule has 0 bridgehead atoms. The third-order valence-electron chi connectivity index (χ3n) is 2.52. The minimum absolute atomic E-state index is 0.195. The van der Waals surface area contributed by atoms with E-state index in [4.69, 9.17) is 10.6 Å². The highest BCUT2D eigenvalue weighted by Gasteiger charge is 2.21. The number of nitrogens with one attached hydrogen (secondary N) is 1. The van der Waals surface area contributed by atoms with Crippen molar-refractivity contribution in [3.8, 4) is 5.75 Å². The van der Waals surface area contributed by atoms with Gasteiger partial charge in [0, 0.05) is 6.42 Å². The molecular formula is C12H11F3N2O. The average Bonchev–Trinajstić information content (AvgIpc) is 2.38. The second kappa shape index (κ2) is 5.14. The molecule has 1 aliphatic rings. The maximum absolute atomic E-state index is 13.6. The quantitative estimate of drug-likeness (QED) is 0.645. The fourth-order valence-corrected chi connectivity index (χ4v) is 1.57. The molecule has 0 heterocycles. The Hall–Kier alpha value is -1.95. The van der Waals surface area contributed by atoms with Crippen molar-refractivity contribution in [2.75, 3.05) is 5.43 Å². The molecular weight excluding hydrogens is 245 g/mol. The highest BCUT2D eigenvalue weighted by atomic mass is 19.2. The van der Waals surface area contributed by atoms with E-state index in [0.29, 0.717) is 0 Å². The highest BCUT2D eigenvalue weighted by Crippen LogP contribution is 2.28. The fraction of sp³-hybridized carbons (Fsp3) is 0.167. The number of benzene rings is 1. The number of nitrogens with two attached hydrogens (primary N) is 1. The van der Waals surface area contributed by atoms with Gasteiger partial charge < -0.3 is 10.2 Å². The van der Waals surface area contributed by atoms with Gasteiger partial charge in [-0.3, -0.25) is 5.84 Å². The van der Waals surface area contributed by atoms with E-state index >= 15 is 0 Å². The second-order valence-corrected chi connectivity index (χ2v) is 3.71. The van der Waals surface area contributed by atoms with Gasteiger partial charge in [0.05, 0.1) is 5.69 Å². The van der Waals surface area contributed by atoms with Gasteiger partial charge in [-0.05, 0) is 18.2 Å². The number of hydrazine groups is 1. The zero-order valence-electron chi connectivity index (χ0n) is 9.29. The SMILES string of the molecule is NNc1ccc(OC2CC=CC=C2F)c(F)c1F. The lowest BCUT2D eigenvalue weighted by atomic mass is 10.1. The van der Waals surface area contributed by atoms with Crippen LogP contribution >= 0.6 is 0 Å². The number of allylic oxidation sites excluding steroid dienone is 2. The molecule has 3 nitrogen and oxygen atoms in total. The Bertz CT molecular complexity index is 514. The van der Waals surface area contributed by atoms with Crippen molar-refractivity contribution in [2.45, 2.75) is 12.5 Å². The van der Waals surface area contributed by atoms with Crippen molar-refractivity contribution < 1.29 is 17.9 Å². The molecule has 0 radical (unpaired) electrons. The summed E-state index contributed by atoms with van der Waals surface area (Å²) >= 11 is 0. The Morgan fingerprint density at radius 1 is 1.22 bits per heavy atom. The van der Waals surface area contributed by atoms with Crippen LogP contribution in [0.1, 0.15) is 6.42 Å². The Labute approximate surface area is 102 Å². The molecule has 0 fully saturated rings. The number of anilines is 1. The number of ether oxygens (including phenoxy) is 1. The van der Waals surface area contributed by atoms with E-state index in [0.717, 1.165) is 0 Å². The number of hydrogen-bond acceptors (Lipinski definition) is 3. The van der Waals surface area contributed by atoms with Crippen LogP contribution in [0.25, 0.3) is 0 Å². The topological polar surface area (TPSA) is 47.3 Å². The summed E-state index contributed by atoms with van der Waals surface area (Å²) in [5, 5.41) is 0. The van der Waals surface area contributed by atoms with Gasteiger partial charge in [-0.25, -0.2) is 8.78 Å². The minimum Gasteiger partial charge on any atom is -0.480 e. The normalized spacial score (nSPS) is 18.4. The average molecular weight is 256 g/mol. The maximum atomic E-state index is 13.6. The van der Waals surface area contributed by atoms with Crippen molar-refractivity contribution in [3.63, 3.8) is 0 Å². The molecule has 1 aliphatic carbocycles. The number of halogens is 3. The summed E-state index contributed by atoms with van der Waals surface area (Å²) in [5.41, 5.74) is 1.81. The van der Waals surface area contributed by atoms with Crippen LogP contribution in [-0.2, 0) is 0 Å². The summed E-state index contributed by atoms with van der Waals surface area (Å²) in [7, 11) is 0. The molecule has 0 amide bonds. The van der Waals surface area contributed by atoms with E-state index in [1.54, 1.807) is 6.08 Å². The molecule has 1 atom stereocenters. The van der Waals surface area contributed by atoms with Crippen LogP contribution in [0.5, 0.6) is 5.75 Å². The number of rotatable bonds is 3. The molecule has 3 N–H and O–H groups in total. The molecule has 18 heavy (non-hydrogen) atoms. The van der Waals surface area contributed by atoms with E-state index in [-0.39, 0.29) is 17.9 Å². The van der Waals surface area contributed by atoms with Crippen LogP contribution in [0.3, 0.4) is 0 Å². The first-order chi connectivity index (χ1) is 8.63. The van der Waals surface area contributed by atoms with Gasteiger partial charge in [0.15, 0.2) is 17.7 Å². The van der Waals surface area contributed by atoms with Gasteiger partial charge in [-0.15, -0.1) is 0 Å². The second-order valence-electron chi connectivity index (χ2n) is 3.71. The van der Waals surface area contributed by atoms with E-state index in [1.807, 2.05) is 5.43 Å². The third-order valence-corrected chi connectivity index (χ3v) is 2.52. The van der Waals surface area contributed by atoms with Gasteiger partial charge in [0.1, 0.15) is 5.83 Å². The summed E-state index contributed by atoms with van der Waals surface area (Å²) in [4.78, 5) is 0. The van der Waals surface area contributed by atoms with Crippen LogP contribution in [0.4, 0.5) is 18.9 Å². The van der Waals surface area contributed by atoms with Gasteiger partial charge in [0.2, 0.25) is 5.82 Å². The van der Waals surface area contributed by atoms with E-state index < -0.39 is 23.6 Å².